The van der Waals surface area contributed by atoms with Crippen molar-refractivity contribution >= 4 is 5.97 Å². The predicted octanol–water partition coefficient (Wildman–Crippen LogP) is 3.12. The fourth-order valence-electron chi connectivity index (χ4n) is 2.22. The summed E-state index contributed by atoms with van der Waals surface area (Å²) < 4.78 is 0. The Balaban J connectivity index is 2.34. The van der Waals surface area contributed by atoms with Gasteiger partial charge in [-0.1, -0.05) is 32.1 Å². The highest BCUT2D eigenvalue weighted by Gasteiger charge is 2.29. The summed E-state index contributed by atoms with van der Waals surface area (Å²) in [7, 11) is 0. The van der Waals surface area contributed by atoms with Crippen LogP contribution in [0, 0.1) is 17.2 Å². The van der Waals surface area contributed by atoms with Crippen molar-refractivity contribution < 1.29 is 14.6 Å². The minimum Gasteiger partial charge on any atom is -0.297 e. The first-order chi connectivity index (χ1) is 8.06. The molecule has 0 bridgehead atoms. The summed E-state index contributed by atoms with van der Waals surface area (Å²) in [5.74, 6) is 0.168. The molecule has 4 nitrogen and oxygen atoms in total. The Bertz CT molecular complexity index is 292. The minimum atomic E-state index is -1.01. The number of carbonyl (C=O) groups is 1. The molecule has 4 heteroatoms. The SMILES string of the molecule is CC(=O)OOC(C)(C#N)CCC1CCCCC1. The van der Waals surface area contributed by atoms with E-state index >= 15 is 0 Å². The van der Waals surface area contributed by atoms with E-state index in [2.05, 4.69) is 11.0 Å². The second-order valence-corrected chi connectivity index (χ2v) is 5.04. The first kappa shape index (κ1) is 14.0. The molecule has 0 saturated heterocycles. The molecule has 1 fully saturated rings. The van der Waals surface area contributed by atoms with E-state index in [4.69, 9.17) is 10.1 Å². The van der Waals surface area contributed by atoms with E-state index in [9.17, 15) is 4.79 Å². The zero-order valence-corrected chi connectivity index (χ0v) is 10.7. The molecule has 0 aromatic heterocycles. The second kappa shape index (κ2) is 6.61. The van der Waals surface area contributed by atoms with Gasteiger partial charge in [0.25, 0.3) is 0 Å². The van der Waals surface area contributed by atoms with Gasteiger partial charge in [-0.25, -0.2) is 4.79 Å². The van der Waals surface area contributed by atoms with Crippen LogP contribution in [0.2, 0.25) is 0 Å². The van der Waals surface area contributed by atoms with Gasteiger partial charge in [-0.2, -0.15) is 10.1 Å². The lowest BCUT2D eigenvalue weighted by Gasteiger charge is -2.25. The Kier molecular flexibility index (Phi) is 5.43. The van der Waals surface area contributed by atoms with Crippen molar-refractivity contribution in [1.82, 2.24) is 0 Å². The van der Waals surface area contributed by atoms with Crippen LogP contribution >= 0.6 is 0 Å². The third kappa shape index (κ3) is 5.18. The van der Waals surface area contributed by atoms with Gasteiger partial charge in [-0.05, 0) is 25.7 Å². The van der Waals surface area contributed by atoms with Crippen LogP contribution in [0.25, 0.3) is 0 Å². The summed E-state index contributed by atoms with van der Waals surface area (Å²) in [4.78, 5) is 20.1. The van der Waals surface area contributed by atoms with Crippen molar-refractivity contribution in [3.8, 4) is 6.07 Å². The van der Waals surface area contributed by atoms with Crippen molar-refractivity contribution in [3.05, 3.63) is 0 Å². The molecule has 0 radical (unpaired) electrons. The lowest BCUT2D eigenvalue weighted by atomic mass is 9.84. The average molecular weight is 239 g/mol. The second-order valence-electron chi connectivity index (χ2n) is 5.04. The summed E-state index contributed by atoms with van der Waals surface area (Å²) >= 11 is 0. The molecule has 0 amide bonds. The lowest BCUT2D eigenvalue weighted by molar-refractivity contribution is -0.314. The minimum absolute atomic E-state index is 0.524. The summed E-state index contributed by atoms with van der Waals surface area (Å²) in [5, 5.41) is 9.06. The van der Waals surface area contributed by atoms with Gasteiger partial charge >= 0.3 is 5.97 Å². The van der Waals surface area contributed by atoms with Crippen molar-refractivity contribution in [1.29, 1.82) is 5.26 Å². The first-order valence-corrected chi connectivity index (χ1v) is 6.33. The third-order valence-corrected chi connectivity index (χ3v) is 3.33. The first-order valence-electron chi connectivity index (χ1n) is 6.33. The molecule has 0 heterocycles. The van der Waals surface area contributed by atoms with E-state index in [1.807, 2.05) is 0 Å². The van der Waals surface area contributed by atoms with E-state index < -0.39 is 11.6 Å². The standard InChI is InChI=1S/C13H21NO3/c1-11(15)16-17-13(2,10-14)9-8-12-6-4-3-5-7-12/h12H,3-9H2,1-2H3. The molecule has 0 spiro atoms. The van der Waals surface area contributed by atoms with E-state index in [0.717, 1.165) is 6.42 Å². The van der Waals surface area contributed by atoms with Gasteiger partial charge in [0.05, 0.1) is 0 Å². The summed E-state index contributed by atoms with van der Waals surface area (Å²) in [5.41, 5.74) is -1.01. The normalized spacial score (nSPS) is 20.3. The molecule has 0 aromatic rings. The molecule has 1 saturated carbocycles. The maximum atomic E-state index is 10.7. The van der Waals surface area contributed by atoms with Crippen LogP contribution in [0.5, 0.6) is 0 Å². The Hall–Kier alpha value is -1.08. The average Bonchev–Trinajstić information content (AvgIpc) is 2.35. The van der Waals surface area contributed by atoms with Gasteiger partial charge in [-0.15, -0.1) is 0 Å². The molecule has 1 atom stereocenters. The number of nitrogens with zero attached hydrogens (tertiary/aromatic N) is 1. The Labute approximate surface area is 103 Å². The van der Waals surface area contributed by atoms with E-state index in [1.54, 1.807) is 6.92 Å². The molecule has 0 aliphatic heterocycles. The van der Waals surface area contributed by atoms with Crippen LogP contribution < -0.4 is 0 Å². The van der Waals surface area contributed by atoms with Crippen LogP contribution in [-0.2, 0) is 14.6 Å². The van der Waals surface area contributed by atoms with Crippen molar-refractivity contribution in [3.63, 3.8) is 0 Å². The van der Waals surface area contributed by atoms with Crippen molar-refractivity contribution in [2.75, 3.05) is 0 Å². The highest BCUT2D eigenvalue weighted by molar-refractivity contribution is 5.65. The van der Waals surface area contributed by atoms with Crippen LogP contribution in [0.3, 0.4) is 0 Å². The van der Waals surface area contributed by atoms with E-state index in [-0.39, 0.29) is 0 Å². The van der Waals surface area contributed by atoms with Gasteiger partial charge in [0.2, 0.25) is 0 Å². The monoisotopic (exact) mass is 239 g/mol. The number of hydrogen-bond acceptors (Lipinski definition) is 4. The lowest BCUT2D eigenvalue weighted by Crippen LogP contribution is -2.29. The number of carbonyl (C=O) groups excluding carboxylic acids is 1. The molecule has 1 unspecified atom stereocenters. The Morgan fingerprint density at radius 2 is 2.06 bits per heavy atom. The Morgan fingerprint density at radius 1 is 1.41 bits per heavy atom. The fraction of sp³-hybridized carbons (Fsp3) is 0.846. The molecule has 0 N–H and O–H groups in total. The maximum Gasteiger partial charge on any atom is 0.339 e. The van der Waals surface area contributed by atoms with Crippen molar-refractivity contribution in [2.24, 2.45) is 5.92 Å². The van der Waals surface area contributed by atoms with E-state index in [0.29, 0.717) is 12.3 Å². The van der Waals surface area contributed by atoms with Gasteiger partial charge in [0, 0.05) is 6.92 Å². The van der Waals surface area contributed by atoms with Gasteiger partial charge in [0.15, 0.2) is 5.60 Å². The highest BCUT2D eigenvalue weighted by Crippen LogP contribution is 2.30. The molecule has 17 heavy (non-hydrogen) atoms. The fourth-order valence-corrected chi connectivity index (χ4v) is 2.22. The molecule has 1 aliphatic rings. The molecular weight excluding hydrogens is 218 g/mol. The number of rotatable bonds is 5. The smallest absolute Gasteiger partial charge is 0.297 e. The van der Waals surface area contributed by atoms with E-state index in [1.165, 1.54) is 39.0 Å². The quantitative estimate of drug-likeness (QED) is 0.546. The molecule has 1 aliphatic carbocycles. The topological polar surface area (TPSA) is 59.3 Å². The van der Waals surface area contributed by atoms with Gasteiger partial charge in [0.1, 0.15) is 6.07 Å². The largest absolute Gasteiger partial charge is 0.339 e. The maximum absolute atomic E-state index is 10.7. The van der Waals surface area contributed by atoms with Crippen LogP contribution in [0.15, 0.2) is 0 Å². The van der Waals surface area contributed by atoms with Crippen LogP contribution in [0.4, 0.5) is 0 Å². The van der Waals surface area contributed by atoms with Crippen molar-refractivity contribution in [2.45, 2.75) is 64.4 Å². The Morgan fingerprint density at radius 3 is 2.59 bits per heavy atom. The number of hydrogen-bond donors (Lipinski definition) is 0. The summed E-state index contributed by atoms with van der Waals surface area (Å²) in [6.07, 6.45) is 7.98. The molecule has 1 rings (SSSR count). The molecular formula is C13H21NO3. The summed E-state index contributed by atoms with van der Waals surface area (Å²) in [6, 6.07) is 2.07. The zero-order chi connectivity index (χ0) is 12.7. The van der Waals surface area contributed by atoms with Crippen LogP contribution in [-0.4, -0.2) is 11.6 Å². The van der Waals surface area contributed by atoms with Gasteiger partial charge < -0.3 is 0 Å². The third-order valence-electron chi connectivity index (χ3n) is 3.33. The predicted molar refractivity (Wildman–Crippen MR) is 62.7 cm³/mol. The zero-order valence-electron chi connectivity index (χ0n) is 10.7. The molecule has 0 aromatic carbocycles. The molecule has 96 valence electrons. The van der Waals surface area contributed by atoms with Crippen LogP contribution in [0.1, 0.15) is 58.8 Å². The highest BCUT2D eigenvalue weighted by atomic mass is 17.2. The number of nitriles is 1. The summed E-state index contributed by atoms with van der Waals surface area (Å²) in [6.45, 7) is 2.93. The van der Waals surface area contributed by atoms with Gasteiger partial charge in [-0.3, -0.25) is 4.89 Å².